The first-order valence-electron chi connectivity index (χ1n) is 6.51. The smallest absolute Gasteiger partial charge is 0.258 e. The van der Waals surface area contributed by atoms with Gasteiger partial charge in [-0.25, -0.2) is 4.98 Å². The van der Waals surface area contributed by atoms with Gasteiger partial charge in [0.05, 0.1) is 18.0 Å². The number of hydrogen-bond donors (Lipinski definition) is 1. The molecule has 0 bridgehead atoms. The molecule has 1 N–H and O–H groups in total. The number of aromatic nitrogens is 2. The van der Waals surface area contributed by atoms with Crippen molar-refractivity contribution in [1.29, 1.82) is 0 Å². The molecule has 0 saturated heterocycles. The quantitative estimate of drug-likeness (QED) is 0.798. The standard InChI is InChI=1S/C16H14N2O3/c1-20-11-6-8-12(9-7-11)21-10-15-17-14-5-3-2-4-13(14)16(19)18-15/h2-9H,10H2,1H3,(H,17,18,19). The Morgan fingerprint density at radius 1 is 1.05 bits per heavy atom. The number of benzene rings is 2. The van der Waals surface area contributed by atoms with Crippen LogP contribution in [0.4, 0.5) is 0 Å². The summed E-state index contributed by atoms with van der Waals surface area (Å²) in [5, 5.41) is 0.575. The van der Waals surface area contributed by atoms with Gasteiger partial charge in [0.25, 0.3) is 5.56 Å². The largest absolute Gasteiger partial charge is 0.497 e. The van der Waals surface area contributed by atoms with Crippen molar-refractivity contribution in [3.05, 3.63) is 64.7 Å². The number of ether oxygens (including phenoxy) is 2. The molecular formula is C16H14N2O3. The van der Waals surface area contributed by atoms with Gasteiger partial charge in [-0.1, -0.05) is 12.1 Å². The molecule has 21 heavy (non-hydrogen) atoms. The highest BCUT2D eigenvalue weighted by molar-refractivity contribution is 5.77. The predicted octanol–water partition coefficient (Wildman–Crippen LogP) is 2.51. The maximum atomic E-state index is 11.9. The summed E-state index contributed by atoms with van der Waals surface area (Å²) in [6.45, 7) is 0.201. The van der Waals surface area contributed by atoms with Crippen molar-refractivity contribution in [2.45, 2.75) is 6.61 Å². The Morgan fingerprint density at radius 2 is 1.76 bits per heavy atom. The van der Waals surface area contributed by atoms with Gasteiger partial charge in [0, 0.05) is 0 Å². The van der Waals surface area contributed by atoms with Gasteiger partial charge in [-0.3, -0.25) is 4.79 Å². The van der Waals surface area contributed by atoms with Crippen molar-refractivity contribution in [2.75, 3.05) is 7.11 Å². The molecule has 0 aliphatic rings. The molecule has 1 aromatic heterocycles. The Hall–Kier alpha value is -2.82. The minimum atomic E-state index is -0.158. The number of H-pyrrole nitrogens is 1. The molecule has 0 fully saturated rings. The molecule has 3 aromatic rings. The highest BCUT2D eigenvalue weighted by atomic mass is 16.5. The van der Waals surface area contributed by atoms with Gasteiger partial charge in [0.1, 0.15) is 23.9 Å². The number of nitrogens with one attached hydrogen (secondary N) is 1. The topological polar surface area (TPSA) is 64.2 Å². The van der Waals surface area contributed by atoms with Crippen LogP contribution in [0, 0.1) is 0 Å². The third-order valence-electron chi connectivity index (χ3n) is 3.10. The fraction of sp³-hybridized carbons (Fsp3) is 0.125. The number of hydrogen-bond acceptors (Lipinski definition) is 4. The second kappa shape index (κ2) is 5.66. The van der Waals surface area contributed by atoms with Crippen LogP contribution in [-0.2, 0) is 6.61 Å². The van der Waals surface area contributed by atoms with Crippen molar-refractivity contribution in [3.63, 3.8) is 0 Å². The lowest BCUT2D eigenvalue weighted by Gasteiger charge is -2.07. The van der Waals surface area contributed by atoms with Crippen LogP contribution in [0.3, 0.4) is 0 Å². The van der Waals surface area contributed by atoms with E-state index in [1.165, 1.54) is 0 Å². The van der Waals surface area contributed by atoms with Gasteiger partial charge in [0.15, 0.2) is 0 Å². The molecule has 0 amide bonds. The Bertz CT molecular complexity index is 810. The SMILES string of the molecule is COc1ccc(OCc2nc3ccccc3c(=O)[nH]2)cc1. The van der Waals surface area contributed by atoms with Crippen molar-refractivity contribution < 1.29 is 9.47 Å². The Kier molecular flexibility index (Phi) is 3.55. The van der Waals surface area contributed by atoms with Gasteiger partial charge < -0.3 is 14.5 Å². The van der Waals surface area contributed by atoms with Crippen LogP contribution in [0.5, 0.6) is 11.5 Å². The first-order chi connectivity index (χ1) is 10.3. The van der Waals surface area contributed by atoms with Crippen molar-refractivity contribution in [1.82, 2.24) is 9.97 Å². The molecule has 0 atom stereocenters. The highest BCUT2D eigenvalue weighted by Gasteiger charge is 2.04. The minimum Gasteiger partial charge on any atom is -0.497 e. The number of para-hydroxylation sites is 1. The maximum absolute atomic E-state index is 11.9. The average Bonchev–Trinajstić information content (AvgIpc) is 2.53. The molecule has 106 valence electrons. The summed E-state index contributed by atoms with van der Waals surface area (Å²) in [7, 11) is 1.61. The molecule has 0 unspecified atom stereocenters. The molecule has 0 spiro atoms. The fourth-order valence-corrected chi connectivity index (χ4v) is 2.03. The minimum absolute atomic E-state index is 0.158. The van der Waals surface area contributed by atoms with Crippen LogP contribution in [0.25, 0.3) is 10.9 Å². The van der Waals surface area contributed by atoms with Crippen LogP contribution < -0.4 is 15.0 Å². The Labute approximate surface area is 121 Å². The summed E-state index contributed by atoms with van der Waals surface area (Å²) >= 11 is 0. The van der Waals surface area contributed by atoms with Crippen LogP contribution in [0.2, 0.25) is 0 Å². The number of nitrogens with zero attached hydrogens (tertiary/aromatic N) is 1. The van der Waals surface area contributed by atoms with Gasteiger partial charge >= 0.3 is 0 Å². The molecule has 0 aliphatic heterocycles. The normalized spacial score (nSPS) is 10.5. The summed E-state index contributed by atoms with van der Waals surface area (Å²) in [5.41, 5.74) is 0.503. The van der Waals surface area contributed by atoms with E-state index in [4.69, 9.17) is 9.47 Å². The zero-order valence-corrected chi connectivity index (χ0v) is 11.5. The molecule has 1 heterocycles. The summed E-state index contributed by atoms with van der Waals surface area (Å²) < 4.78 is 10.7. The highest BCUT2D eigenvalue weighted by Crippen LogP contribution is 2.17. The third kappa shape index (κ3) is 2.86. The molecule has 5 nitrogen and oxygen atoms in total. The summed E-state index contributed by atoms with van der Waals surface area (Å²) in [4.78, 5) is 19.0. The summed E-state index contributed by atoms with van der Waals surface area (Å²) in [5.74, 6) is 1.95. The van der Waals surface area contributed by atoms with E-state index in [0.717, 1.165) is 5.75 Å². The van der Waals surface area contributed by atoms with Crippen molar-refractivity contribution in [2.24, 2.45) is 0 Å². The van der Waals surface area contributed by atoms with E-state index < -0.39 is 0 Å². The monoisotopic (exact) mass is 282 g/mol. The second-order valence-corrected chi connectivity index (χ2v) is 4.49. The lowest BCUT2D eigenvalue weighted by Crippen LogP contribution is -2.13. The number of fused-ring (bicyclic) bond motifs is 1. The summed E-state index contributed by atoms with van der Waals surface area (Å²) in [6.07, 6.45) is 0. The maximum Gasteiger partial charge on any atom is 0.258 e. The van der Waals surface area contributed by atoms with E-state index in [9.17, 15) is 4.79 Å². The van der Waals surface area contributed by atoms with Crippen LogP contribution in [-0.4, -0.2) is 17.1 Å². The fourth-order valence-electron chi connectivity index (χ4n) is 2.03. The van der Waals surface area contributed by atoms with Crippen molar-refractivity contribution in [3.8, 4) is 11.5 Å². The molecule has 0 saturated carbocycles. The van der Waals surface area contributed by atoms with Gasteiger partial charge in [0.2, 0.25) is 0 Å². The van der Waals surface area contributed by atoms with Crippen LogP contribution >= 0.6 is 0 Å². The lowest BCUT2D eigenvalue weighted by molar-refractivity contribution is 0.295. The number of rotatable bonds is 4. The predicted molar refractivity (Wildman–Crippen MR) is 79.7 cm³/mol. The van der Waals surface area contributed by atoms with Crippen LogP contribution in [0.15, 0.2) is 53.3 Å². The van der Waals surface area contributed by atoms with Crippen LogP contribution in [0.1, 0.15) is 5.82 Å². The van der Waals surface area contributed by atoms with Gasteiger partial charge in [-0.15, -0.1) is 0 Å². The Balaban J connectivity index is 1.80. The van der Waals surface area contributed by atoms with E-state index in [-0.39, 0.29) is 12.2 Å². The first-order valence-corrected chi connectivity index (χ1v) is 6.51. The van der Waals surface area contributed by atoms with Gasteiger partial charge in [-0.05, 0) is 36.4 Å². The molecular weight excluding hydrogens is 268 g/mol. The zero-order chi connectivity index (χ0) is 14.7. The first kappa shape index (κ1) is 13.2. The molecule has 5 heteroatoms. The lowest BCUT2D eigenvalue weighted by atomic mass is 10.2. The molecule has 0 radical (unpaired) electrons. The Morgan fingerprint density at radius 3 is 2.52 bits per heavy atom. The van der Waals surface area contributed by atoms with E-state index in [2.05, 4.69) is 9.97 Å². The second-order valence-electron chi connectivity index (χ2n) is 4.49. The molecule has 0 aliphatic carbocycles. The van der Waals surface area contributed by atoms with Crippen molar-refractivity contribution >= 4 is 10.9 Å². The third-order valence-corrected chi connectivity index (χ3v) is 3.10. The zero-order valence-electron chi connectivity index (χ0n) is 11.5. The molecule has 2 aromatic carbocycles. The van der Waals surface area contributed by atoms with Gasteiger partial charge in [-0.2, -0.15) is 0 Å². The van der Waals surface area contributed by atoms with E-state index in [0.29, 0.717) is 22.5 Å². The number of aromatic amines is 1. The van der Waals surface area contributed by atoms with E-state index in [1.54, 1.807) is 31.4 Å². The van der Waals surface area contributed by atoms with E-state index >= 15 is 0 Å². The van der Waals surface area contributed by atoms with E-state index in [1.807, 2.05) is 24.3 Å². The summed E-state index contributed by atoms with van der Waals surface area (Å²) in [6, 6.07) is 14.4. The molecule has 3 rings (SSSR count). The number of methoxy groups -OCH3 is 1. The average molecular weight is 282 g/mol.